The first-order valence-corrected chi connectivity index (χ1v) is 9.39. The number of hydrogen-bond donors (Lipinski definition) is 3. The number of amides is 1. The van der Waals surface area contributed by atoms with Gasteiger partial charge in [0.15, 0.2) is 0 Å². The van der Waals surface area contributed by atoms with Crippen molar-refractivity contribution in [3.8, 4) is 0 Å². The fourth-order valence-electron chi connectivity index (χ4n) is 3.22. The first-order valence-electron chi connectivity index (χ1n) is 9.39. The Morgan fingerprint density at radius 3 is 2.69 bits per heavy atom. The Labute approximate surface area is 156 Å². The highest BCUT2D eigenvalue weighted by atomic mass is 16.1. The third kappa shape index (κ3) is 5.78. The molecule has 0 bridgehead atoms. The minimum Gasteiger partial charge on any atom is -0.369 e. The van der Waals surface area contributed by atoms with Crippen LogP contribution in [0.4, 0.5) is 0 Å². The quantitative estimate of drug-likeness (QED) is 0.506. The zero-order valence-corrected chi connectivity index (χ0v) is 16.1. The fraction of sp³-hybridized carbons (Fsp3) is 0.476. The van der Waals surface area contributed by atoms with Gasteiger partial charge in [0.05, 0.1) is 0 Å². The maximum atomic E-state index is 11.4. The van der Waals surface area contributed by atoms with Gasteiger partial charge in [-0.2, -0.15) is 0 Å². The Hall–Kier alpha value is -2.52. The Balaban J connectivity index is 1.97. The van der Waals surface area contributed by atoms with Crippen molar-refractivity contribution < 1.29 is 4.79 Å². The first-order chi connectivity index (χ1) is 12.5. The minimum atomic E-state index is -0.0824. The number of rotatable bonds is 6. The Morgan fingerprint density at radius 2 is 2.08 bits per heavy atom. The van der Waals surface area contributed by atoms with Gasteiger partial charge in [-0.25, -0.2) is 4.99 Å². The molecule has 0 spiro atoms. The van der Waals surface area contributed by atoms with Crippen molar-refractivity contribution in [2.24, 2.45) is 4.99 Å². The molecule has 0 radical (unpaired) electrons. The zero-order chi connectivity index (χ0) is 18.9. The fourth-order valence-corrected chi connectivity index (χ4v) is 3.22. The standard InChI is InChI=1S/C21H30N4O/c1-5-8-9-16(6-2)21-22-15(4)14-19(25-21)23-17-10-12-18(13-11-17)24-20(26)7-3/h5,7,9,14,17-18,23,25H,3,6,10-13H2,1-2,4H3,(H,24,26)/b21-16-/t8?,17-,18+. The summed E-state index contributed by atoms with van der Waals surface area (Å²) < 4.78 is 0. The molecule has 2 rings (SSSR count). The summed E-state index contributed by atoms with van der Waals surface area (Å²) in [5, 5.41) is 10.0. The van der Waals surface area contributed by atoms with E-state index in [9.17, 15) is 4.79 Å². The van der Waals surface area contributed by atoms with E-state index in [1.165, 1.54) is 6.08 Å². The molecule has 0 aromatic carbocycles. The van der Waals surface area contributed by atoms with Crippen molar-refractivity contribution in [1.82, 2.24) is 16.0 Å². The highest BCUT2D eigenvalue weighted by Crippen LogP contribution is 2.21. The normalized spacial score (nSPS) is 24.1. The molecule has 0 aromatic heterocycles. The van der Waals surface area contributed by atoms with E-state index in [4.69, 9.17) is 0 Å². The van der Waals surface area contributed by atoms with Gasteiger partial charge < -0.3 is 16.0 Å². The maximum Gasteiger partial charge on any atom is 0.243 e. The van der Waals surface area contributed by atoms with Gasteiger partial charge in [0, 0.05) is 23.4 Å². The number of allylic oxidation sites excluding steroid dienone is 3. The van der Waals surface area contributed by atoms with Crippen LogP contribution in [0.1, 0.15) is 52.9 Å². The largest absolute Gasteiger partial charge is 0.369 e. The first kappa shape index (κ1) is 19.8. The Bertz CT molecular complexity index is 685. The molecule has 1 aliphatic heterocycles. The number of carbonyl (C=O) groups is 1. The second-order valence-corrected chi connectivity index (χ2v) is 6.67. The molecular formula is C21H30N4O. The SMILES string of the molecule is C=CC(=O)N[C@H]1CC[C@@H](NC2=CC(C)=N/C(=C(/C=C=CC)CC)N2)CC1. The van der Waals surface area contributed by atoms with Crippen LogP contribution in [0.15, 0.2) is 58.8 Å². The molecule has 3 N–H and O–H groups in total. The zero-order valence-electron chi connectivity index (χ0n) is 16.1. The van der Waals surface area contributed by atoms with Crippen LogP contribution in [0.25, 0.3) is 0 Å². The predicted octanol–water partition coefficient (Wildman–Crippen LogP) is 3.45. The third-order valence-electron chi connectivity index (χ3n) is 4.62. The second-order valence-electron chi connectivity index (χ2n) is 6.67. The average Bonchev–Trinajstić information content (AvgIpc) is 2.63. The minimum absolute atomic E-state index is 0.0824. The molecular weight excluding hydrogens is 324 g/mol. The van der Waals surface area contributed by atoms with Gasteiger partial charge >= 0.3 is 0 Å². The lowest BCUT2D eigenvalue weighted by molar-refractivity contribution is -0.117. The van der Waals surface area contributed by atoms with Crippen molar-refractivity contribution in [2.45, 2.75) is 65.0 Å². The summed E-state index contributed by atoms with van der Waals surface area (Å²) in [6, 6.07) is 0.650. The van der Waals surface area contributed by atoms with Gasteiger partial charge in [-0.15, -0.1) is 5.73 Å². The molecule has 5 nitrogen and oxygen atoms in total. The number of nitrogens with zero attached hydrogens (tertiary/aromatic N) is 1. The van der Waals surface area contributed by atoms with E-state index in [1.807, 2.05) is 32.1 Å². The van der Waals surface area contributed by atoms with Crippen LogP contribution in [0, 0.1) is 0 Å². The third-order valence-corrected chi connectivity index (χ3v) is 4.62. The van der Waals surface area contributed by atoms with E-state index in [-0.39, 0.29) is 11.9 Å². The highest BCUT2D eigenvalue weighted by Gasteiger charge is 2.23. The Kier molecular flexibility index (Phi) is 7.49. The van der Waals surface area contributed by atoms with Crippen LogP contribution in [-0.2, 0) is 4.79 Å². The summed E-state index contributed by atoms with van der Waals surface area (Å²) >= 11 is 0. The molecule has 0 unspecified atom stereocenters. The molecule has 1 fully saturated rings. The van der Waals surface area contributed by atoms with Crippen LogP contribution in [0.5, 0.6) is 0 Å². The van der Waals surface area contributed by atoms with Crippen molar-refractivity contribution >= 4 is 11.6 Å². The summed E-state index contributed by atoms with van der Waals surface area (Å²) in [7, 11) is 0. The van der Waals surface area contributed by atoms with Crippen LogP contribution in [-0.4, -0.2) is 23.7 Å². The predicted molar refractivity (Wildman–Crippen MR) is 107 cm³/mol. The topological polar surface area (TPSA) is 65.5 Å². The molecule has 0 saturated heterocycles. The van der Waals surface area contributed by atoms with Crippen molar-refractivity contribution in [3.63, 3.8) is 0 Å². The molecule has 1 amide bonds. The number of hydrogen-bond acceptors (Lipinski definition) is 4. The van der Waals surface area contributed by atoms with Crippen LogP contribution in [0.2, 0.25) is 0 Å². The van der Waals surface area contributed by atoms with Crippen LogP contribution < -0.4 is 16.0 Å². The van der Waals surface area contributed by atoms with Gasteiger partial charge in [0.1, 0.15) is 11.6 Å². The maximum absolute atomic E-state index is 11.4. The van der Waals surface area contributed by atoms with E-state index in [0.717, 1.165) is 55.0 Å². The molecule has 0 atom stereocenters. The van der Waals surface area contributed by atoms with Crippen molar-refractivity contribution in [2.75, 3.05) is 0 Å². The average molecular weight is 354 g/mol. The lowest BCUT2D eigenvalue weighted by Gasteiger charge is -2.31. The lowest BCUT2D eigenvalue weighted by atomic mass is 9.91. The van der Waals surface area contributed by atoms with E-state index >= 15 is 0 Å². The monoisotopic (exact) mass is 354 g/mol. The number of aliphatic imine (C=N–C) groups is 1. The van der Waals surface area contributed by atoms with Crippen LogP contribution >= 0.6 is 0 Å². The summed E-state index contributed by atoms with van der Waals surface area (Å²) in [6.45, 7) is 9.59. The van der Waals surface area contributed by atoms with Gasteiger partial charge in [-0.3, -0.25) is 4.79 Å². The van der Waals surface area contributed by atoms with Crippen molar-refractivity contribution in [1.29, 1.82) is 0 Å². The molecule has 1 aliphatic carbocycles. The molecule has 140 valence electrons. The van der Waals surface area contributed by atoms with Gasteiger partial charge in [0.2, 0.25) is 5.91 Å². The summed E-state index contributed by atoms with van der Waals surface area (Å²) in [5.41, 5.74) is 5.24. The van der Waals surface area contributed by atoms with Crippen molar-refractivity contribution in [3.05, 3.63) is 53.8 Å². The lowest BCUT2D eigenvalue weighted by Crippen LogP contribution is -2.43. The molecule has 2 aliphatic rings. The highest BCUT2D eigenvalue weighted by molar-refractivity contribution is 5.95. The van der Waals surface area contributed by atoms with E-state index < -0.39 is 0 Å². The van der Waals surface area contributed by atoms with E-state index in [1.54, 1.807) is 0 Å². The van der Waals surface area contributed by atoms with Gasteiger partial charge in [0.25, 0.3) is 0 Å². The molecule has 1 heterocycles. The summed E-state index contributed by atoms with van der Waals surface area (Å²) in [5.74, 6) is 1.79. The van der Waals surface area contributed by atoms with E-state index in [2.05, 4.69) is 40.2 Å². The molecule has 0 aromatic rings. The summed E-state index contributed by atoms with van der Waals surface area (Å²) in [6.07, 6.45) is 12.2. The van der Waals surface area contributed by atoms with E-state index in [0.29, 0.717) is 6.04 Å². The molecule has 1 saturated carbocycles. The van der Waals surface area contributed by atoms with Crippen LogP contribution in [0.3, 0.4) is 0 Å². The molecule has 26 heavy (non-hydrogen) atoms. The Morgan fingerprint density at radius 1 is 1.38 bits per heavy atom. The molecule has 5 heteroatoms. The van der Waals surface area contributed by atoms with Gasteiger partial charge in [-0.05, 0) is 70.3 Å². The number of carbonyl (C=O) groups excluding carboxylic acids is 1. The summed E-state index contributed by atoms with van der Waals surface area (Å²) in [4.78, 5) is 16.1. The van der Waals surface area contributed by atoms with Gasteiger partial charge in [-0.1, -0.05) is 13.5 Å². The smallest absolute Gasteiger partial charge is 0.243 e. The second kappa shape index (κ2) is 9.83. The number of nitrogens with one attached hydrogen (secondary N) is 3.